The Morgan fingerprint density at radius 2 is 2.36 bits per heavy atom. The minimum Gasteiger partial charge on any atom is -0.270 e. The molecule has 2 rings (SSSR count). The van der Waals surface area contributed by atoms with Gasteiger partial charge in [0.1, 0.15) is 9.76 Å². The van der Waals surface area contributed by atoms with Crippen molar-refractivity contribution < 1.29 is 0 Å². The van der Waals surface area contributed by atoms with Crippen LogP contribution in [0.5, 0.6) is 0 Å². The van der Waals surface area contributed by atoms with Gasteiger partial charge in [0.05, 0.1) is 10.9 Å². The summed E-state index contributed by atoms with van der Waals surface area (Å²) in [4.78, 5) is 3.92. The first kappa shape index (κ1) is 7.06. The second kappa shape index (κ2) is 2.46. The van der Waals surface area contributed by atoms with Gasteiger partial charge in [-0.05, 0) is 22.0 Å². The number of H-pyrrole nitrogens is 1. The van der Waals surface area contributed by atoms with E-state index in [0.717, 1.165) is 15.5 Å². The average molecular weight is 232 g/mol. The first-order valence-corrected chi connectivity index (χ1v) is 4.10. The minimum atomic E-state index is 0.461. The lowest BCUT2D eigenvalue weighted by Gasteiger charge is -1.89. The summed E-state index contributed by atoms with van der Waals surface area (Å²) in [6.45, 7) is 0. The molecular formula is C6H3BrClN3. The highest BCUT2D eigenvalue weighted by atomic mass is 79.9. The molecule has 0 atom stereocenters. The van der Waals surface area contributed by atoms with Crippen molar-refractivity contribution in [1.82, 2.24) is 15.2 Å². The van der Waals surface area contributed by atoms with Gasteiger partial charge >= 0.3 is 0 Å². The predicted octanol–water partition coefficient (Wildman–Crippen LogP) is 2.37. The van der Waals surface area contributed by atoms with Crippen LogP contribution in [0, 0.1) is 0 Å². The fourth-order valence-electron chi connectivity index (χ4n) is 0.888. The molecule has 3 nitrogen and oxygen atoms in total. The van der Waals surface area contributed by atoms with Gasteiger partial charge < -0.3 is 0 Å². The van der Waals surface area contributed by atoms with E-state index in [9.17, 15) is 0 Å². The second-order valence-corrected chi connectivity index (χ2v) is 3.18. The third-order valence-electron chi connectivity index (χ3n) is 1.38. The molecule has 1 N–H and O–H groups in total. The van der Waals surface area contributed by atoms with E-state index in [1.54, 1.807) is 12.3 Å². The molecule has 0 radical (unpaired) electrons. The lowest BCUT2D eigenvalue weighted by Crippen LogP contribution is -1.74. The zero-order valence-electron chi connectivity index (χ0n) is 5.31. The quantitative estimate of drug-likeness (QED) is 0.709. The number of nitrogens with zero attached hydrogens (tertiary/aromatic N) is 2. The Balaban J connectivity index is 2.96. The Morgan fingerprint density at radius 3 is 3.09 bits per heavy atom. The predicted molar refractivity (Wildman–Crippen MR) is 46.6 cm³/mol. The molecule has 0 aliphatic carbocycles. The maximum Gasteiger partial charge on any atom is 0.141 e. The SMILES string of the molecule is Clc1nccc2n[nH]c(Br)c12. The summed E-state index contributed by atoms with van der Waals surface area (Å²) in [7, 11) is 0. The molecule has 11 heavy (non-hydrogen) atoms. The van der Waals surface area contributed by atoms with Gasteiger partial charge in [0.2, 0.25) is 0 Å². The standard InChI is InChI=1S/C6H3BrClN3/c7-5-4-3(10-11-5)1-2-9-6(4)8/h1-2H,(H,10,11). The molecule has 0 spiro atoms. The second-order valence-electron chi connectivity index (χ2n) is 2.03. The van der Waals surface area contributed by atoms with E-state index >= 15 is 0 Å². The number of fused-ring (bicyclic) bond motifs is 1. The molecule has 5 heteroatoms. The fourth-order valence-corrected chi connectivity index (χ4v) is 1.73. The van der Waals surface area contributed by atoms with Crippen LogP contribution >= 0.6 is 27.5 Å². The third kappa shape index (κ3) is 1.02. The normalized spacial score (nSPS) is 10.7. The summed E-state index contributed by atoms with van der Waals surface area (Å²) in [5, 5.41) is 8.03. The lowest BCUT2D eigenvalue weighted by atomic mass is 10.3. The summed E-state index contributed by atoms with van der Waals surface area (Å²) < 4.78 is 0.769. The first-order chi connectivity index (χ1) is 5.29. The van der Waals surface area contributed by atoms with Crippen molar-refractivity contribution in [3.8, 4) is 0 Å². The molecule has 0 fully saturated rings. The number of nitrogens with one attached hydrogen (secondary N) is 1. The summed E-state index contributed by atoms with van der Waals surface area (Å²) in [5.41, 5.74) is 0.817. The van der Waals surface area contributed by atoms with Gasteiger partial charge in [0.25, 0.3) is 0 Å². The molecule has 2 aromatic heterocycles. The minimum absolute atomic E-state index is 0.461. The van der Waals surface area contributed by atoms with Gasteiger partial charge in [-0.2, -0.15) is 5.10 Å². The van der Waals surface area contributed by atoms with Crippen molar-refractivity contribution in [3.63, 3.8) is 0 Å². The van der Waals surface area contributed by atoms with Crippen molar-refractivity contribution in [2.45, 2.75) is 0 Å². The molecule has 2 aromatic rings. The van der Waals surface area contributed by atoms with Crippen LogP contribution in [0.25, 0.3) is 10.9 Å². The molecule has 0 aromatic carbocycles. The number of hydrogen-bond donors (Lipinski definition) is 1. The van der Waals surface area contributed by atoms with Crippen LogP contribution in [0.4, 0.5) is 0 Å². The lowest BCUT2D eigenvalue weighted by molar-refractivity contribution is 1.10. The summed E-state index contributed by atoms with van der Waals surface area (Å²) >= 11 is 9.08. The van der Waals surface area contributed by atoms with Crippen molar-refractivity contribution in [2.24, 2.45) is 0 Å². The third-order valence-corrected chi connectivity index (χ3v) is 2.24. The molecule has 0 bridgehead atoms. The van der Waals surface area contributed by atoms with Crippen LogP contribution in [-0.2, 0) is 0 Å². The number of halogens is 2. The zero-order chi connectivity index (χ0) is 7.84. The van der Waals surface area contributed by atoms with E-state index in [1.807, 2.05) is 0 Å². The van der Waals surface area contributed by atoms with Crippen molar-refractivity contribution in [1.29, 1.82) is 0 Å². The molecule has 0 aliphatic rings. The Kier molecular flexibility index (Phi) is 1.58. The van der Waals surface area contributed by atoms with Gasteiger partial charge in [-0.1, -0.05) is 11.6 Å². The molecule has 0 saturated heterocycles. The van der Waals surface area contributed by atoms with E-state index in [4.69, 9.17) is 11.6 Å². The number of aromatic nitrogens is 3. The molecule has 56 valence electrons. The van der Waals surface area contributed by atoms with Gasteiger partial charge in [-0.3, -0.25) is 5.10 Å². The number of hydrogen-bond acceptors (Lipinski definition) is 2. The number of rotatable bonds is 0. The molecule has 0 amide bonds. The van der Waals surface area contributed by atoms with Crippen molar-refractivity contribution in [3.05, 3.63) is 22.0 Å². The van der Waals surface area contributed by atoms with Crippen LogP contribution in [0.3, 0.4) is 0 Å². The molecule has 2 heterocycles. The largest absolute Gasteiger partial charge is 0.270 e. The van der Waals surface area contributed by atoms with Gasteiger partial charge in [-0.25, -0.2) is 4.98 Å². The average Bonchev–Trinajstić information content (AvgIpc) is 2.34. The van der Waals surface area contributed by atoms with Crippen LogP contribution in [0.2, 0.25) is 5.15 Å². The van der Waals surface area contributed by atoms with Crippen molar-refractivity contribution >= 4 is 38.4 Å². The topological polar surface area (TPSA) is 41.6 Å². The highest BCUT2D eigenvalue weighted by Gasteiger charge is 2.05. The fraction of sp³-hybridized carbons (Fsp3) is 0. The van der Waals surface area contributed by atoms with E-state index in [0.29, 0.717) is 5.15 Å². The summed E-state index contributed by atoms with van der Waals surface area (Å²) in [6.07, 6.45) is 1.62. The van der Waals surface area contributed by atoms with Crippen LogP contribution in [-0.4, -0.2) is 15.2 Å². The highest BCUT2D eigenvalue weighted by Crippen LogP contribution is 2.25. The van der Waals surface area contributed by atoms with Gasteiger partial charge in [0.15, 0.2) is 0 Å². The maximum atomic E-state index is 5.80. The molecule has 0 aliphatic heterocycles. The van der Waals surface area contributed by atoms with Crippen LogP contribution in [0.15, 0.2) is 16.9 Å². The van der Waals surface area contributed by atoms with Gasteiger partial charge in [-0.15, -0.1) is 0 Å². The van der Waals surface area contributed by atoms with Crippen LogP contribution < -0.4 is 0 Å². The van der Waals surface area contributed by atoms with E-state index in [-0.39, 0.29) is 0 Å². The van der Waals surface area contributed by atoms with E-state index in [2.05, 4.69) is 31.1 Å². The molecule has 0 unspecified atom stereocenters. The summed E-state index contributed by atoms with van der Waals surface area (Å²) in [6, 6.07) is 1.79. The number of pyridine rings is 1. The zero-order valence-corrected chi connectivity index (χ0v) is 7.65. The van der Waals surface area contributed by atoms with Gasteiger partial charge in [0, 0.05) is 6.20 Å². The monoisotopic (exact) mass is 231 g/mol. The Hall–Kier alpha value is -0.610. The molecular weight excluding hydrogens is 229 g/mol. The summed E-state index contributed by atoms with van der Waals surface area (Å²) in [5.74, 6) is 0. The smallest absolute Gasteiger partial charge is 0.141 e. The van der Waals surface area contributed by atoms with Crippen molar-refractivity contribution in [2.75, 3.05) is 0 Å². The van der Waals surface area contributed by atoms with E-state index < -0.39 is 0 Å². The Bertz CT molecular complexity index is 398. The van der Waals surface area contributed by atoms with E-state index in [1.165, 1.54) is 0 Å². The molecule has 0 saturated carbocycles. The first-order valence-electron chi connectivity index (χ1n) is 2.93. The highest BCUT2D eigenvalue weighted by molar-refractivity contribution is 9.10. The Morgan fingerprint density at radius 1 is 1.55 bits per heavy atom. The van der Waals surface area contributed by atoms with Crippen LogP contribution in [0.1, 0.15) is 0 Å². The maximum absolute atomic E-state index is 5.80. The Labute approximate surface area is 75.9 Å². The number of aromatic amines is 1.